The molecular formula is C19H26N2O3. The van der Waals surface area contributed by atoms with Gasteiger partial charge >= 0.3 is 5.97 Å². The van der Waals surface area contributed by atoms with Gasteiger partial charge in [-0.25, -0.2) is 4.79 Å². The molecule has 1 N–H and O–H groups in total. The van der Waals surface area contributed by atoms with Gasteiger partial charge in [-0.1, -0.05) is 25.8 Å². The standard InChI is InChI=1S/C19H26N2O3/c1-3-5-14-7-9-16(10-8-14)18(22)21-17(19(23)24-2)12-15-6-4-11-20-13-15/h4,6,11-14,16H,3,5,7-10H2,1-2H3,(H,21,22). The van der Waals surface area contributed by atoms with Crippen molar-refractivity contribution in [2.24, 2.45) is 11.8 Å². The van der Waals surface area contributed by atoms with E-state index in [9.17, 15) is 9.59 Å². The van der Waals surface area contributed by atoms with Crippen LogP contribution in [-0.4, -0.2) is 24.0 Å². The summed E-state index contributed by atoms with van der Waals surface area (Å²) in [7, 11) is 1.31. The Kier molecular flexibility index (Phi) is 6.97. The second-order valence-corrected chi connectivity index (χ2v) is 6.33. The smallest absolute Gasteiger partial charge is 0.354 e. The maximum atomic E-state index is 12.5. The van der Waals surface area contributed by atoms with E-state index in [1.165, 1.54) is 20.0 Å². The molecule has 5 nitrogen and oxygen atoms in total. The average molecular weight is 330 g/mol. The lowest BCUT2D eigenvalue weighted by Crippen LogP contribution is -2.35. The topological polar surface area (TPSA) is 68.3 Å². The molecule has 1 heterocycles. The van der Waals surface area contributed by atoms with Crippen molar-refractivity contribution in [3.8, 4) is 0 Å². The van der Waals surface area contributed by atoms with Gasteiger partial charge in [0.25, 0.3) is 0 Å². The molecule has 1 aromatic heterocycles. The van der Waals surface area contributed by atoms with Gasteiger partial charge in [0, 0.05) is 18.3 Å². The van der Waals surface area contributed by atoms with Crippen molar-refractivity contribution >= 4 is 18.0 Å². The normalized spacial score (nSPS) is 21.2. The number of esters is 1. The Morgan fingerprint density at radius 3 is 2.67 bits per heavy atom. The number of nitrogens with zero attached hydrogens (tertiary/aromatic N) is 1. The monoisotopic (exact) mass is 330 g/mol. The summed E-state index contributed by atoms with van der Waals surface area (Å²) in [6, 6.07) is 3.59. The maximum absolute atomic E-state index is 12.5. The van der Waals surface area contributed by atoms with Crippen LogP contribution in [0.15, 0.2) is 30.2 Å². The van der Waals surface area contributed by atoms with Crippen LogP contribution >= 0.6 is 0 Å². The van der Waals surface area contributed by atoms with Gasteiger partial charge in [0.2, 0.25) is 5.91 Å². The highest BCUT2D eigenvalue weighted by molar-refractivity contribution is 5.98. The fraction of sp³-hybridized carbons (Fsp3) is 0.526. The maximum Gasteiger partial charge on any atom is 0.354 e. The summed E-state index contributed by atoms with van der Waals surface area (Å²) >= 11 is 0. The van der Waals surface area contributed by atoms with Crippen molar-refractivity contribution in [2.45, 2.75) is 45.4 Å². The zero-order valence-electron chi connectivity index (χ0n) is 14.5. The first-order valence-electron chi connectivity index (χ1n) is 8.65. The molecule has 130 valence electrons. The molecule has 1 aromatic rings. The molecule has 0 atom stereocenters. The molecule has 1 aliphatic rings. The molecule has 0 spiro atoms. The number of nitrogens with one attached hydrogen (secondary N) is 1. The highest BCUT2D eigenvalue weighted by Crippen LogP contribution is 2.31. The van der Waals surface area contributed by atoms with E-state index >= 15 is 0 Å². The van der Waals surface area contributed by atoms with Crippen molar-refractivity contribution in [1.29, 1.82) is 0 Å². The van der Waals surface area contributed by atoms with Gasteiger partial charge in [-0.3, -0.25) is 9.78 Å². The Morgan fingerprint density at radius 1 is 1.33 bits per heavy atom. The molecule has 1 aliphatic carbocycles. The van der Waals surface area contributed by atoms with Gasteiger partial charge in [0.15, 0.2) is 0 Å². The number of amides is 1. The third-order valence-electron chi connectivity index (χ3n) is 4.57. The van der Waals surface area contributed by atoms with Crippen LogP contribution in [0.1, 0.15) is 51.0 Å². The second-order valence-electron chi connectivity index (χ2n) is 6.33. The van der Waals surface area contributed by atoms with E-state index in [2.05, 4.69) is 17.2 Å². The van der Waals surface area contributed by atoms with E-state index < -0.39 is 5.97 Å². The molecule has 1 fully saturated rings. The second kappa shape index (κ2) is 9.21. The van der Waals surface area contributed by atoms with E-state index in [1.54, 1.807) is 24.5 Å². The highest BCUT2D eigenvalue weighted by Gasteiger charge is 2.27. The first-order valence-corrected chi connectivity index (χ1v) is 8.65. The van der Waals surface area contributed by atoms with Crippen molar-refractivity contribution in [3.05, 3.63) is 35.8 Å². The van der Waals surface area contributed by atoms with Crippen molar-refractivity contribution < 1.29 is 14.3 Å². The van der Waals surface area contributed by atoms with Gasteiger partial charge in [0.1, 0.15) is 5.70 Å². The number of aromatic nitrogens is 1. The van der Waals surface area contributed by atoms with Crippen LogP contribution in [0.5, 0.6) is 0 Å². The molecule has 2 rings (SSSR count). The molecule has 0 aliphatic heterocycles. The molecular weight excluding hydrogens is 304 g/mol. The number of ether oxygens (including phenoxy) is 1. The molecule has 0 unspecified atom stereocenters. The third-order valence-corrected chi connectivity index (χ3v) is 4.57. The zero-order chi connectivity index (χ0) is 17.4. The number of pyridine rings is 1. The SMILES string of the molecule is CCCC1CCC(C(=O)NC(=Cc2cccnc2)C(=O)OC)CC1. The Morgan fingerprint density at radius 2 is 2.08 bits per heavy atom. The summed E-state index contributed by atoms with van der Waals surface area (Å²) < 4.78 is 4.78. The number of carbonyl (C=O) groups is 2. The predicted molar refractivity (Wildman–Crippen MR) is 92.7 cm³/mol. The first-order chi connectivity index (χ1) is 11.6. The summed E-state index contributed by atoms with van der Waals surface area (Å²) in [5, 5.41) is 2.75. The summed E-state index contributed by atoms with van der Waals surface area (Å²) in [4.78, 5) is 28.5. The lowest BCUT2D eigenvalue weighted by molar-refractivity contribution is -0.138. The number of rotatable bonds is 6. The number of carbonyl (C=O) groups excluding carboxylic acids is 2. The fourth-order valence-electron chi connectivity index (χ4n) is 3.24. The van der Waals surface area contributed by atoms with E-state index in [1.807, 2.05) is 6.07 Å². The Balaban J connectivity index is 2.01. The molecule has 5 heteroatoms. The van der Waals surface area contributed by atoms with Gasteiger partial charge < -0.3 is 10.1 Å². The molecule has 1 saturated carbocycles. The van der Waals surface area contributed by atoms with Gasteiger partial charge in [-0.2, -0.15) is 0 Å². The van der Waals surface area contributed by atoms with Crippen molar-refractivity contribution in [1.82, 2.24) is 10.3 Å². The van der Waals surface area contributed by atoms with E-state index in [0.29, 0.717) is 0 Å². The molecule has 0 saturated heterocycles. The number of hydrogen-bond acceptors (Lipinski definition) is 4. The van der Waals surface area contributed by atoms with E-state index in [4.69, 9.17) is 4.74 Å². The fourth-order valence-corrected chi connectivity index (χ4v) is 3.24. The summed E-state index contributed by atoms with van der Waals surface area (Å²) in [5.41, 5.74) is 0.899. The molecule has 0 aromatic carbocycles. The lowest BCUT2D eigenvalue weighted by atomic mass is 9.80. The summed E-state index contributed by atoms with van der Waals surface area (Å²) in [6.07, 6.45) is 11.3. The Labute approximate surface area is 143 Å². The van der Waals surface area contributed by atoms with Crippen molar-refractivity contribution in [3.63, 3.8) is 0 Å². The number of hydrogen-bond donors (Lipinski definition) is 1. The first kappa shape index (κ1) is 18.2. The van der Waals surface area contributed by atoms with E-state index in [0.717, 1.165) is 37.2 Å². The van der Waals surface area contributed by atoms with Crippen LogP contribution in [-0.2, 0) is 14.3 Å². The van der Waals surface area contributed by atoms with Crippen LogP contribution in [0.3, 0.4) is 0 Å². The minimum atomic E-state index is -0.549. The minimum Gasteiger partial charge on any atom is -0.464 e. The Hall–Kier alpha value is -2.17. The van der Waals surface area contributed by atoms with Crippen molar-refractivity contribution in [2.75, 3.05) is 7.11 Å². The lowest BCUT2D eigenvalue weighted by Gasteiger charge is -2.27. The van der Waals surface area contributed by atoms with E-state index in [-0.39, 0.29) is 17.5 Å². The molecule has 0 radical (unpaired) electrons. The quantitative estimate of drug-likeness (QED) is 0.642. The van der Waals surface area contributed by atoms with Gasteiger partial charge in [-0.15, -0.1) is 0 Å². The van der Waals surface area contributed by atoms with Gasteiger partial charge in [-0.05, 0) is 49.3 Å². The summed E-state index contributed by atoms with van der Waals surface area (Å²) in [6.45, 7) is 2.20. The largest absolute Gasteiger partial charge is 0.464 e. The van der Waals surface area contributed by atoms with Crippen LogP contribution in [0.4, 0.5) is 0 Å². The molecule has 1 amide bonds. The van der Waals surface area contributed by atoms with Crippen LogP contribution in [0, 0.1) is 11.8 Å². The summed E-state index contributed by atoms with van der Waals surface area (Å²) in [5.74, 6) is 0.0717. The number of methoxy groups -OCH3 is 1. The Bertz CT molecular complexity index is 576. The third kappa shape index (κ3) is 5.18. The predicted octanol–water partition coefficient (Wildman–Crippen LogP) is 3.32. The average Bonchev–Trinajstić information content (AvgIpc) is 2.62. The van der Waals surface area contributed by atoms with Gasteiger partial charge in [0.05, 0.1) is 7.11 Å². The highest BCUT2D eigenvalue weighted by atomic mass is 16.5. The minimum absolute atomic E-state index is 0.0277. The van der Waals surface area contributed by atoms with Crippen LogP contribution in [0.2, 0.25) is 0 Å². The zero-order valence-corrected chi connectivity index (χ0v) is 14.5. The van der Waals surface area contributed by atoms with Crippen LogP contribution < -0.4 is 5.32 Å². The van der Waals surface area contributed by atoms with Crippen LogP contribution in [0.25, 0.3) is 6.08 Å². The molecule has 0 bridgehead atoms. The molecule has 24 heavy (non-hydrogen) atoms.